The second kappa shape index (κ2) is 13.6. The molecular formula is C31H32Cl2N4O2. The van der Waals surface area contributed by atoms with E-state index in [1.165, 1.54) is 6.42 Å². The van der Waals surface area contributed by atoms with Crippen LogP contribution in [0.25, 0.3) is 11.1 Å². The maximum Gasteiger partial charge on any atom is 0.244 e. The van der Waals surface area contributed by atoms with Crippen LogP contribution < -0.4 is 5.32 Å². The first-order valence-electron chi connectivity index (χ1n) is 13.2. The van der Waals surface area contributed by atoms with Crippen LogP contribution in [0.3, 0.4) is 0 Å². The molecule has 0 radical (unpaired) electrons. The van der Waals surface area contributed by atoms with E-state index in [9.17, 15) is 14.9 Å². The van der Waals surface area contributed by atoms with Crippen molar-refractivity contribution in [2.45, 2.75) is 38.6 Å². The van der Waals surface area contributed by atoms with Crippen LogP contribution in [0.15, 0.2) is 66.7 Å². The standard InChI is InChI=1S/C31H32Cl2N4O2/c1-22(24-8-10-25(11-9-24)26-7-5-6-23(16-26)20-34)37(31(39)12-15-36-13-3-2-4-14-36)21-30(38)35-29-18-27(32)17-28(33)19-29/h5-11,16-19,22H,2-4,12-15,21H2,1H3,(H,35,38). The number of nitrogens with zero attached hydrogens (tertiary/aromatic N) is 3. The van der Waals surface area contributed by atoms with Gasteiger partial charge in [-0.2, -0.15) is 5.26 Å². The van der Waals surface area contributed by atoms with Gasteiger partial charge in [0.1, 0.15) is 6.54 Å². The van der Waals surface area contributed by atoms with Crippen LogP contribution in [0.2, 0.25) is 10.0 Å². The molecule has 1 unspecified atom stereocenters. The Labute approximate surface area is 240 Å². The first-order valence-corrected chi connectivity index (χ1v) is 14.0. The topological polar surface area (TPSA) is 76.4 Å². The molecule has 0 spiro atoms. The summed E-state index contributed by atoms with van der Waals surface area (Å²) < 4.78 is 0. The molecule has 1 aliphatic heterocycles. The largest absolute Gasteiger partial charge is 0.327 e. The molecule has 6 nitrogen and oxygen atoms in total. The summed E-state index contributed by atoms with van der Waals surface area (Å²) >= 11 is 12.2. The van der Waals surface area contributed by atoms with Gasteiger partial charge in [-0.05, 0) is 79.9 Å². The lowest BCUT2D eigenvalue weighted by atomic mass is 9.99. The van der Waals surface area contributed by atoms with Crippen molar-refractivity contribution >= 4 is 40.7 Å². The van der Waals surface area contributed by atoms with E-state index >= 15 is 0 Å². The van der Waals surface area contributed by atoms with Crippen LogP contribution in [-0.2, 0) is 9.59 Å². The van der Waals surface area contributed by atoms with Gasteiger partial charge in [-0.3, -0.25) is 9.59 Å². The monoisotopic (exact) mass is 562 g/mol. The van der Waals surface area contributed by atoms with E-state index < -0.39 is 0 Å². The van der Waals surface area contributed by atoms with Gasteiger partial charge in [0, 0.05) is 28.7 Å². The highest BCUT2D eigenvalue weighted by atomic mass is 35.5. The Bertz CT molecular complexity index is 1330. The van der Waals surface area contributed by atoms with Gasteiger partial charge in [0.25, 0.3) is 0 Å². The molecule has 1 atom stereocenters. The molecule has 1 N–H and O–H groups in total. The quantitative estimate of drug-likeness (QED) is 0.306. The van der Waals surface area contributed by atoms with Crippen molar-refractivity contribution in [1.82, 2.24) is 9.80 Å². The van der Waals surface area contributed by atoms with E-state index in [1.807, 2.05) is 49.4 Å². The highest BCUT2D eigenvalue weighted by Crippen LogP contribution is 2.27. The summed E-state index contributed by atoms with van der Waals surface area (Å²) in [5.41, 5.74) is 3.92. The fraction of sp³-hybridized carbons (Fsp3) is 0.323. The number of likely N-dealkylation sites (tertiary alicyclic amines) is 1. The Balaban J connectivity index is 1.51. The number of amides is 2. The number of anilines is 1. The van der Waals surface area contributed by atoms with Gasteiger partial charge in [0.2, 0.25) is 11.8 Å². The molecule has 3 aromatic carbocycles. The second-order valence-electron chi connectivity index (χ2n) is 9.87. The van der Waals surface area contributed by atoms with Crippen molar-refractivity contribution in [3.8, 4) is 17.2 Å². The van der Waals surface area contributed by atoms with Crippen LogP contribution >= 0.6 is 23.2 Å². The molecule has 4 rings (SSSR count). The van der Waals surface area contributed by atoms with Crippen LogP contribution in [0.5, 0.6) is 0 Å². The van der Waals surface area contributed by atoms with Gasteiger partial charge in [-0.15, -0.1) is 0 Å². The fourth-order valence-electron chi connectivity index (χ4n) is 4.91. The zero-order valence-corrected chi connectivity index (χ0v) is 23.5. The number of halogens is 2. The van der Waals surface area contributed by atoms with Gasteiger partial charge in [0.05, 0.1) is 17.7 Å². The summed E-state index contributed by atoms with van der Waals surface area (Å²) in [6.45, 7) is 4.53. The van der Waals surface area contributed by atoms with Gasteiger partial charge >= 0.3 is 0 Å². The van der Waals surface area contributed by atoms with Gasteiger partial charge < -0.3 is 15.1 Å². The molecule has 0 aromatic heterocycles. The van der Waals surface area contributed by atoms with Gasteiger partial charge in [-0.1, -0.05) is 66.0 Å². The first-order chi connectivity index (χ1) is 18.8. The Hall–Kier alpha value is -3.37. The van der Waals surface area contributed by atoms with Crippen molar-refractivity contribution in [2.75, 3.05) is 31.5 Å². The highest BCUT2D eigenvalue weighted by molar-refractivity contribution is 6.35. The number of piperidine rings is 1. The van der Waals surface area contributed by atoms with Crippen LogP contribution in [0.1, 0.15) is 49.8 Å². The molecule has 0 bridgehead atoms. The molecule has 0 aliphatic carbocycles. The maximum absolute atomic E-state index is 13.5. The van der Waals surface area contributed by atoms with Gasteiger partial charge in [0.15, 0.2) is 0 Å². The number of hydrogen-bond acceptors (Lipinski definition) is 4. The molecular weight excluding hydrogens is 531 g/mol. The predicted octanol–water partition coefficient (Wildman–Crippen LogP) is 6.94. The van der Waals surface area contributed by atoms with E-state index in [1.54, 1.807) is 29.2 Å². The summed E-state index contributed by atoms with van der Waals surface area (Å²) in [4.78, 5) is 30.5. The van der Waals surface area contributed by atoms with Crippen LogP contribution in [-0.4, -0.2) is 47.8 Å². The highest BCUT2D eigenvalue weighted by Gasteiger charge is 2.25. The van der Waals surface area contributed by atoms with E-state index in [2.05, 4.69) is 16.3 Å². The first kappa shape index (κ1) is 28.6. The summed E-state index contributed by atoms with van der Waals surface area (Å²) in [5.74, 6) is -0.394. The van der Waals surface area contributed by atoms with E-state index in [4.69, 9.17) is 23.2 Å². The zero-order chi connectivity index (χ0) is 27.8. The van der Waals surface area contributed by atoms with Crippen LogP contribution in [0.4, 0.5) is 5.69 Å². The van der Waals surface area contributed by atoms with E-state index in [0.717, 1.165) is 42.6 Å². The second-order valence-corrected chi connectivity index (χ2v) is 10.7. The Morgan fingerprint density at radius 2 is 1.67 bits per heavy atom. The number of nitrogens with one attached hydrogen (secondary N) is 1. The fourth-order valence-corrected chi connectivity index (χ4v) is 5.43. The van der Waals surface area contributed by atoms with Crippen molar-refractivity contribution in [3.63, 3.8) is 0 Å². The number of nitriles is 1. The zero-order valence-electron chi connectivity index (χ0n) is 22.0. The van der Waals surface area contributed by atoms with Crippen molar-refractivity contribution in [3.05, 3.63) is 87.9 Å². The molecule has 1 aliphatic rings. The smallest absolute Gasteiger partial charge is 0.244 e. The molecule has 3 aromatic rings. The number of rotatable bonds is 9. The SMILES string of the molecule is CC(c1ccc(-c2cccc(C#N)c2)cc1)N(CC(=O)Nc1cc(Cl)cc(Cl)c1)C(=O)CCN1CCCCC1. The van der Waals surface area contributed by atoms with Crippen LogP contribution in [0, 0.1) is 11.3 Å². The Morgan fingerprint density at radius 3 is 2.33 bits per heavy atom. The summed E-state index contributed by atoms with van der Waals surface area (Å²) in [6, 6.07) is 22.0. The van der Waals surface area contributed by atoms with E-state index in [0.29, 0.717) is 34.3 Å². The third-order valence-corrected chi connectivity index (χ3v) is 7.49. The molecule has 0 saturated carbocycles. The Kier molecular flexibility index (Phi) is 10.00. The number of carbonyl (C=O) groups excluding carboxylic acids is 2. The number of benzene rings is 3. The number of carbonyl (C=O) groups is 2. The number of hydrogen-bond donors (Lipinski definition) is 1. The minimum absolute atomic E-state index is 0.0712. The predicted molar refractivity (Wildman–Crippen MR) is 157 cm³/mol. The molecule has 2 amide bonds. The third kappa shape index (κ3) is 8.06. The summed E-state index contributed by atoms with van der Waals surface area (Å²) in [7, 11) is 0. The molecule has 1 fully saturated rings. The molecule has 202 valence electrons. The minimum atomic E-state index is -0.327. The molecule has 1 heterocycles. The normalized spacial score (nSPS) is 14.3. The summed E-state index contributed by atoms with van der Waals surface area (Å²) in [6.07, 6.45) is 3.89. The minimum Gasteiger partial charge on any atom is -0.327 e. The van der Waals surface area contributed by atoms with Gasteiger partial charge in [-0.25, -0.2) is 0 Å². The molecule has 8 heteroatoms. The lowest BCUT2D eigenvalue weighted by Gasteiger charge is -2.31. The lowest BCUT2D eigenvalue weighted by Crippen LogP contribution is -2.41. The Morgan fingerprint density at radius 1 is 0.974 bits per heavy atom. The lowest BCUT2D eigenvalue weighted by molar-refractivity contribution is -0.137. The third-order valence-electron chi connectivity index (χ3n) is 7.06. The molecule has 39 heavy (non-hydrogen) atoms. The van der Waals surface area contributed by atoms with Crippen molar-refractivity contribution in [1.29, 1.82) is 5.26 Å². The van der Waals surface area contributed by atoms with Crippen molar-refractivity contribution < 1.29 is 9.59 Å². The average molecular weight is 564 g/mol. The van der Waals surface area contributed by atoms with E-state index in [-0.39, 0.29) is 24.4 Å². The average Bonchev–Trinajstić information content (AvgIpc) is 2.94. The van der Waals surface area contributed by atoms with Crippen molar-refractivity contribution in [2.24, 2.45) is 0 Å². The maximum atomic E-state index is 13.5. The summed E-state index contributed by atoms with van der Waals surface area (Å²) in [5, 5.41) is 12.9. The molecule has 1 saturated heterocycles.